The Bertz CT molecular complexity index is 865. The summed E-state index contributed by atoms with van der Waals surface area (Å²) in [5.74, 6) is -1.38. The Morgan fingerprint density at radius 3 is 2.50 bits per heavy atom. The first-order chi connectivity index (χ1) is 11.4. The molecule has 0 aromatic heterocycles. The van der Waals surface area contributed by atoms with Gasteiger partial charge in [0, 0.05) is 5.56 Å². The number of nitrogens with zero attached hydrogens (tertiary/aromatic N) is 2. The van der Waals surface area contributed by atoms with Crippen molar-refractivity contribution in [1.82, 2.24) is 10.0 Å². The number of imide groups is 1. The van der Waals surface area contributed by atoms with Crippen LogP contribution < -0.4 is 0 Å². The maximum absolute atomic E-state index is 13.2. The lowest BCUT2D eigenvalue weighted by atomic mass is 9.99. The lowest BCUT2D eigenvalue weighted by Crippen LogP contribution is -2.52. The molecule has 1 aliphatic heterocycles. The molecule has 24 heavy (non-hydrogen) atoms. The Morgan fingerprint density at radius 1 is 1.12 bits per heavy atom. The SMILES string of the molecule is C=CC(=O)N1C(=O)CC(C)(C)N1C(=O)c1cccc2ccccc12. The van der Waals surface area contributed by atoms with Gasteiger partial charge in [-0.1, -0.05) is 43.0 Å². The van der Waals surface area contributed by atoms with Gasteiger partial charge in [-0.05, 0) is 36.8 Å². The van der Waals surface area contributed by atoms with E-state index < -0.39 is 17.4 Å². The van der Waals surface area contributed by atoms with Crippen LogP contribution in [0.1, 0.15) is 30.6 Å². The predicted molar refractivity (Wildman–Crippen MR) is 90.9 cm³/mol. The smallest absolute Gasteiger partial charge is 0.272 e. The van der Waals surface area contributed by atoms with Gasteiger partial charge in [-0.3, -0.25) is 14.4 Å². The third-order valence-corrected chi connectivity index (χ3v) is 4.19. The highest BCUT2D eigenvalue weighted by molar-refractivity contribution is 6.11. The standard InChI is InChI=1S/C19H18N2O3/c1-4-16(22)20-17(23)12-19(2,3)21(20)18(24)15-11-7-9-13-8-5-6-10-14(13)15/h4-11H,1,12H2,2-3H3. The number of carbonyl (C=O) groups is 3. The normalized spacial score (nSPS) is 16.5. The molecule has 2 aromatic rings. The average Bonchev–Trinajstić information content (AvgIpc) is 2.81. The van der Waals surface area contributed by atoms with Crippen LogP contribution >= 0.6 is 0 Å². The molecule has 0 radical (unpaired) electrons. The van der Waals surface area contributed by atoms with Crippen LogP contribution in [0.15, 0.2) is 55.1 Å². The molecule has 3 amide bonds. The van der Waals surface area contributed by atoms with Gasteiger partial charge < -0.3 is 0 Å². The van der Waals surface area contributed by atoms with Crippen molar-refractivity contribution in [2.45, 2.75) is 25.8 Å². The molecular formula is C19H18N2O3. The summed E-state index contributed by atoms with van der Waals surface area (Å²) < 4.78 is 0. The lowest BCUT2D eigenvalue weighted by Gasteiger charge is -2.34. The molecule has 122 valence electrons. The van der Waals surface area contributed by atoms with Gasteiger partial charge in [0.25, 0.3) is 17.7 Å². The zero-order valence-electron chi connectivity index (χ0n) is 13.7. The Balaban J connectivity index is 2.14. The summed E-state index contributed by atoms with van der Waals surface area (Å²) in [6, 6.07) is 12.9. The van der Waals surface area contributed by atoms with Gasteiger partial charge in [0.05, 0.1) is 12.0 Å². The van der Waals surface area contributed by atoms with Crippen molar-refractivity contribution in [1.29, 1.82) is 0 Å². The average molecular weight is 322 g/mol. The van der Waals surface area contributed by atoms with Crippen LogP contribution in [-0.4, -0.2) is 33.3 Å². The van der Waals surface area contributed by atoms with Gasteiger partial charge in [-0.25, -0.2) is 5.01 Å². The van der Waals surface area contributed by atoms with Crippen molar-refractivity contribution < 1.29 is 14.4 Å². The van der Waals surface area contributed by atoms with E-state index in [-0.39, 0.29) is 12.3 Å². The van der Waals surface area contributed by atoms with Crippen LogP contribution in [0.2, 0.25) is 0 Å². The third kappa shape index (κ3) is 2.38. The number of carbonyl (C=O) groups excluding carboxylic acids is 3. The van der Waals surface area contributed by atoms with Crippen LogP contribution in [0.25, 0.3) is 10.8 Å². The van der Waals surface area contributed by atoms with Crippen LogP contribution in [-0.2, 0) is 9.59 Å². The first kappa shape index (κ1) is 15.9. The molecule has 0 spiro atoms. The summed E-state index contributed by atoms with van der Waals surface area (Å²) in [7, 11) is 0. The maximum Gasteiger partial charge on any atom is 0.274 e. The van der Waals surface area contributed by atoms with Gasteiger partial charge in [0.1, 0.15) is 0 Å². The molecule has 5 nitrogen and oxygen atoms in total. The Hall–Kier alpha value is -2.95. The zero-order chi connectivity index (χ0) is 17.5. The fourth-order valence-corrected chi connectivity index (χ4v) is 3.10. The summed E-state index contributed by atoms with van der Waals surface area (Å²) in [5.41, 5.74) is -0.332. The summed E-state index contributed by atoms with van der Waals surface area (Å²) in [6.07, 6.45) is 1.13. The summed E-state index contributed by atoms with van der Waals surface area (Å²) in [6.45, 7) is 6.96. The largest absolute Gasteiger partial charge is 0.274 e. The van der Waals surface area contributed by atoms with E-state index in [1.165, 1.54) is 5.01 Å². The first-order valence-electron chi connectivity index (χ1n) is 7.68. The second kappa shape index (κ2) is 5.60. The second-order valence-corrected chi connectivity index (χ2v) is 6.38. The molecule has 0 unspecified atom stereocenters. The van der Waals surface area contributed by atoms with Gasteiger partial charge >= 0.3 is 0 Å². The third-order valence-electron chi connectivity index (χ3n) is 4.19. The number of hydrogen-bond donors (Lipinski definition) is 0. The minimum atomic E-state index is -0.788. The maximum atomic E-state index is 13.2. The Morgan fingerprint density at radius 2 is 1.79 bits per heavy atom. The minimum Gasteiger partial charge on any atom is -0.272 e. The highest BCUT2D eigenvalue weighted by Crippen LogP contribution is 2.33. The van der Waals surface area contributed by atoms with E-state index in [4.69, 9.17) is 0 Å². The van der Waals surface area contributed by atoms with Crippen LogP contribution in [0.5, 0.6) is 0 Å². The van der Waals surface area contributed by atoms with Crippen molar-refractivity contribution in [3.8, 4) is 0 Å². The molecular weight excluding hydrogens is 304 g/mol. The fourth-order valence-electron chi connectivity index (χ4n) is 3.10. The lowest BCUT2D eigenvalue weighted by molar-refractivity contribution is -0.151. The highest BCUT2D eigenvalue weighted by atomic mass is 16.2. The molecule has 1 saturated heterocycles. The van der Waals surface area contributed by atoms with Gasteiger partial charge in [0.15, 0.2) is 0 Å². The Labute approximate surface area is 140 Å². The van der Waals surface area contributed by atoms with Crippen LogP contribution in [0, 0.1) is 0 Å². The number of hydrazine groups is 1. The molecule has 0 aliphatic carbocycles. The molecule has 1 heterocycles. The monoisotopic (exact) mass is 322 g/mol. The quantitative estimate of drug-likeness (QED) is 0.799. The van der Waals surface area contributed by atoms with Gasteiger partial charge in [0.2, 0.25) is 0 Å². The first-order valence-corrected chi connectivity index (χ1v) is 7.68. The van der Waals surface area contributed by atoms with Crippen molar-refractivity contribution in [3.63, 3.8) is 0 Å². The number of benzene rings is 2. The van der Waals surface area contributed by atoms with Crippen molar-refractivity contribution in [2.24, 2.45) is 0 Å². The van der Waals surface area contributed by atoms with E-state index in [1.807, 2.05) is 30.3 Å². The molecule has 0 N–H and O–H groups in total. The fraction of sp³-hybridized carbons (Fsp3) is 0.211. The second-order valence-electron chi connectivity index (χ2n) is 6.38. The molecule has 1 fully saturated rings. The van der Waals surface area contributed by atoms with E-state index in [1.54, 1.807) is 26.0 Å². The molecule has 0 saturated carbocycles. The summed E-state index contributed by atoms with van der Waals surface area (Å²) in [5, 5.41) is 3.86. The zero-order valence-corrected chi connectivity index (χ0v) is 13.7. The van der Waals surface area contributed by atoms with E-state index in [0.29, 0.717) is 5.56 Å². The number of fused-ring (bicyclic) bond motifs is 1. The predicted octanol–water partition coefficient (Wildman–Crippen LogP) is 2.92. The molecule has 2 aromatic carbocycles. The number of hydrogen-bond acceptors (Lipinski definition) is 3. The van der Waals surface area contributed by atoms with Crippen LogP contribution in [0.4, 0.5) is 0 Å². The molecule has 5 heteroatoms. The summed E-state index contributed by atoms with van der Waals surface area (Å²) in [4.78, 5) is 37.6. The molecule has 1 aliphatic rings. The highest BCUT2D eigenvalue weighted by Gasteiger charge is 2.49. The van der Waals surface area contributed by atoms with Crippen molar-refractivity contribution in [3.05, 3.63) is 60.7 Å². The van der Waals surface area contributed by atoms with Gasteiger partial charge in [-0.2, -0.15) is 5.01 Å². The van der Waals surface area contributed by atoms with Crippen molar-refractivity contribution >= 4 is 28.5 Å². The van der Waals surface area contributed by atoms with Gasteiger partial charge in [-0.15, -0.1) is 0 Å². The number of amides is 3. The van der Waals surface area contributed by atoms with E-state index >= 15 is 0 Å². The van der Waals surface area contributed by atoms with Crippen molar-refractivity contribution in [2.75, 3.05) is 0 Å². The molecule has 0 atom stereocenters. The van der Waals surface area contributed by atoms with Crippen LogP contribution in [0.3, 0.4) is 0 Å². The van der Waals surface area contributed by atoms with E-state index in [9.17, 15) is 14.4 Å². The van der Waals surface area contributed by atoms with E-state index in [2.05, 4.69) is 6.58 Å². The topological polar surface area (TPSA) is 57.7 Å². The summed E-state index contributed by atoms with van der Waals surface area (Å²) >= 11 is 0. The molecule has 0 bridgehead atoms. The molecule has 3 rings (SSSR count). The minimum absolute atomic E-state index is 0.0864. The van der Waals surface area contributed by atoms with E-state index in [0.717, 1.165) is 21.9 Å². The number of rotatable bonds is 2. The Kier molecular flexibility index (Phi) is 3.72.